The highest BCUT2D eigenvalue weighted by molar-refractivity contribution is 7.60. The van der Waals surface area contributed by atoms with Crippen LogP contribution in [0.3, 0.4) is 0 Å². The number of aryl methyl sites for hydroxylation is 2. The molecule has 0 saturated carbocycles. The fourth-order valence-corrected chi connectivity index (χ4v) is 1.92. The van der Waals surface area contributed by atoms with E-state index in [9.17, 15) is 4.57 Å². The Bertz CT molecular complexity index is 348. The maximum atomic E-state index is 10.9. The van der Waals surface area contributed by atoms with Crippen LogP contribution in [0.5, 0.6) is 0 Å². The van der Waals surface area contributed by atoms with Crippen molar-refractivity contribution in [2.24, 2.45) is 0 Å². The number of rotatable bonds is 1. The van der Waals surface area contributed by atoms with Crippen LogP contribution in [0.15, 0.2) is 18.2 Å². The molecule has 0 radical (unpaired) electrons. The molecular formula is C8H13Cl2O3P. The van der Waals surface area contributed by atoms with Gasteiger partial charge < -0.3 is 9.79 Å². The second-order valence-corrected chi connectivity index (χ2v) is 4.40. The molecule has 0 aliphatic rings. The smallest absolute Gasteiger partial charge is 0.321 e. The molecule has 3 nitrogen and oxygen atoms in total. The molecule has 1 aromatic rings. The third-order valence-corrected chi connectivity index (χ3v) is 2.80. The first-order valence-electron chi connectivity index (χ1n) is 3.54. The van der Waals surface area contributed by atoms with Crippen molar-refractivity contribution in [3.05, 3.63) is 29.3 Å². The Hall–Kier alpha value is -0.0500. The van der Waals surface area contributed by atoms with Gasteiger partial charge in [-0.15, -0.1) is 24.8 Å². The van der Waals surface area contributed by atoms with E-state index in [0.717, 1.165) is 5.56 Å². The fourth-order valence-electron chi connectivity index (χ4n) is 1.13. The first-order chi connectivity index (χ1) is 5.41. The second kappa shape index (κ2) is 5.74. The molecule has 2 N–H and O–H groups in total. The van der Waals surface area contributed by atoms with Crippen molar-refractivity contribution >= 4 is 37.7 Å². The zero-order valence-corrected chi connectivity index (χ0v) is 10.3. The van der Waals surface area contributed by atoms with E-state index in [1.54, 1.807) is 19.1 Å². The first kappa shape index (κ1) is 16.4. The van der Waals surface area contributed by atoms with Gasteiger partial charge in [0.05, 0.1) is 5.30 Å². The van der Waals surface area contributed by atoms with Gasteiger partial charge >= 0.3 is 7.60 Å². The Morgan fingerprint density at radius 3 is 2.00 bits per heavy atom. The van der Waals surface area contributed by atoms with E-state index in [1.165, 1.54) is 6.07 Å². The van der Waals surface area contributed by atoms with Crippen LogP contribution in [-0.2, 0) is 4.57 Å². The van der Waals surface area contributed by atoms with Crippen molar-refractivity contribution in [2.45, 2.75) is 13.8 Å². The molecule has 1 rings (SSSR count). The molecule has 14 heavy (non-hydrogen) atoms. The third-order valence-electron chi connectivity index (χ3n) is 1.67. The van der Waals surface area contributed by atoms with Gasteiger partial charge in [0.2, 0.25) is 0 Å². The van der Waals surface area contributed by atoms with E-state index in [2.05, 4.69) is 0 Å². The summed E-state index contributed by atoms with van der Waals surface area (Å²) in [5.74, 6) is 0. The summed E-state index contributed by atoms with van der Waals surface area (Å²) in [4.78, 5) is 17.7. The molecule has 0 atom stereocenters. The Morgan fingerprint density at radius 2 is 1.64 bits per heavy atom. The zero-order valence-electron chi connectivity index (χ0n) is 7.80. The van der Waals surface area contributed by atoms with Crippen molar-refractivity contribution in [1.82, 2.24) is 0 Å². The lowest BCUT2D eigenvalue weighted by atomic mass is 10.2. The summed E-state index contributed by atoms with van der Waals surface area (Å²) < 4.78 is 10.9. The summed E-state index contributed by atoms with van der Waals surface area (Å²) in [5.41, 5.74) is 1.65. The molecule has 0 aliphatic heterocycles. The molecule has 0 bridgehead atoms. The highest BCUT2D eigenvalue weighted by Gasteiger charge is 2.18. The molecule has 0 aliphatic carbocycles. The Balaban J connectivity index is 0. The largest absolute Gasteiger partial charge is 0.356 e. The maximum Gasteiger partial charge on any atom is 0.356 e. The van der Waals surface area contributed by atoms with E-state index in [1.807, 2.05) is 6.92 Å². The van der Waals surface area contributed by atoms with Gasteiger partial charge in [0.15, 0.2) is 0 Å². The number of benzene rings is 1. The van der Waals surface area contributed by atoms with E-state index in [0.29, 0.717) is 5.56 Å². The van der Waals surface area contributed by atoms with Crippen LogP contribution in [0.2, 0.25) is 0 Å². The lowest BCUT2D eigenvalue weighted by Gasteiger charge is -2.07. The van der Waals surface area contributed by atoms with Crippen molar-refractivity contribution < 1.29 is 14.4 Å². The predicted molar refractivity (Wildman–Crippen MR) is 62.1 cm³/mol. The lowest BCUT2D eigenvalue weighted by Crippen LogP contribution is -2.07. The van der Waals surface area contributed by atoms with Gasteiger partial charge in [-0.2, -0.15) is 0 Å². The predicted octanol–water partition coefficient (Wildman–Crippen LogP) is 1.95. The average Bonchev–Trinajstić information content (AvgIpc) is 1.83. The second-order valence-electron chi connectivity index (χ2n) is 2.83. The van der Waals surface area contributed by atoms with Crippen molar-refractivity contribution in [1.29, 1.82) is 0 Å². The molecule has 0 fully saturated rings. The molecule has 82 valence electrons. The van der Waals surface area contributed by atoms with E-state index in [-0.39, 0.29) is 30.1 Å². The fraction of sp³-hybridized carbons (Fsp3) is 0.250. The highest BCUT2D eigenvalue weighted by Crippen LogP contribution is 2.34. The van der Waals surface area contributed by atoms with Gasteiger partial charge in [0.1, 0.15) is 0 Å². The van der Waals surface area contributed by atoms with Crippen LogP contribution in [-0.4, -0.2) is 9.79 Å². The molecule has 0 aromatic heterocycles. The summed E-state index contributed by atoms with van der Waals surface area (Å²) in [6.07, 6.45) is 0. The first-order valence-corrected chi connectivity index (χ1v) is 5.16. The van der Waals surface area contributed by atoms with Gasteiger partial charge in [-0.1, -0.05) is 17.7 Å². The van der Waals surface area contributed by atoms with Crippen molar-refractivity contribution in [3.8, 4) is 0 Å². The zero-order chi connectivity index (χ0) is 9.35. The minimum absolute atomic E-state index is 0. The van der Waals surface area contributed by atoms with Crippen LogP contribution in [0.4, 0.5) is 0 Å². The van der Waals surface area contributed by atoms with E-state index in [4.69, 9.17) is 9.79 Å². The van der Waals surface area contributed by atoms with E-state index >= 15 is 0 Å². The highest BCUT2D eigenvalue weighted by atomic mass is 35.5. The van der Waals surface area contributed by atoms with Gasteiger partial charge in [0, 0.05) is 0 Å². The van der Waals surface area contributed by atoms with Gasteiger partial charge in [-0.3, -0.25) is 4.57 Å². The molecule has 6 heteroatoms. The van der Waals surface area contributed by atoms with Crippen LogP contribution in [0.1, 0.15) is 11.1 Å². The molecule has 0 unspecified atom stereocenters. The maximum absolute atomic E-state index is 10.9. The summed E-state index contributed by atoms with van der Waals surface area (Å²) in [7, 11) is -4.08. The molecule has 0 spiro atoms. The van der Waals surface area contributed by atoms with Gasteiger partial charge in [-0.05, 0) is 25.5 Å². The minimum Gasteiger partial charge on any atom is -0.321 e. The normalized spacial score (nSPS) is 10.0. The van der Waals surface area contributed by atoms with Crippen LogP contribution in [0, 0.1) is 13.8 Å². The SMILES string of the molecule is Cc1ccc(P(=O)(O)O)c(C)c1.Cl.Cl. The van der Waals surface area contributed by atoms with Crippen molar-refractivity contribution in [2.75, 3.05) is 0 Å². The van der Waals surface area contributed by atoms with Crippen LogP contribution in [0.25, 0.3) is 0 Å². The summed E-state index contributed by atoms with van der Waals surface area (Å²) in [5, 5.41) is 0.119. The summed E-state index contributed by atoms with van der Waals surface area (Å²) in [6, 6.07) is 4.93. The standard InChI is InChI=1S/C8H11O3P.2ClH/c1-6-3-4-8(7(2)5-6)12(9,10)11;;/h3-5H,1-2H3,(H2,9,10,11);2*1H. The number of hydrogen-bond acceptors (Lipinski definition) is 1. The minimum atomic E-state index is -4.08. The number of halogens is 2. The Labute approximate surface area is 95.5 Å². The van der Waals surface area contributed by atoms with Crippen LogP contribution < -0.4 is 5.30 Å². The van der Waals surface area contributed by atoms with Gasteiger partial charge in [0.25, 0.3) is 0 Å². The quantitative estimate of drug-likeness (QED) is 0.758. The monoisotopic (exact) mass is 258 g/mol. The van der Waals surface area contributed by atoms with Gasteiger partial charge in [-0.25, -0.2) is 0 Å². The molecule has 0 heterocycles. The van der Waals surface area contributed by atoms with Crippen LogP contribution >= 0.6 is 32.4 Å². The molecule has 0 amide bonds. The lowest BCUT2D eigenvalue weighted by molar-refractivity contribution is 0.387. The van der Waals surface area contributed by atoms with Crippen molar-refractivity contribution in [3.63, 3.8) is 0 Å². The molecule has 1 aromatic carbocycles. The third kappa shape index (κ3) is 3.99. The summed E-state index contributed by atoms with van der Waals surface area (Å²) in [6.45, 7) is 3.58. The Kier molecular flexibility index (Phi) is 6.72. The molecular weight excluding hydrogens is 246 g/mol. The van der Waals surface area contributed by atoms with E-state index < -0.39 is 7.60 Å². The topological polar surface area (TPSA) is 57.5 Å². The average molecular weight is 259 g/mol. The molecule has 0 saturated heterocycles. The number of hydrogen-bond donors (Lipinski definition) is 2. The summed E-state index contributed by atoms with van der Waals surface area (Å²) >= 11 is 0. The Morgan fingerprint density at radius 1 is 1.14 bits per heavy atom.